The van der Waals surface area contributed by atoms with Crippen LogP contribution in [0.3, 0.4) is 0 Å². The summed E-state index contributed by atoms with van der Waals surface area (Å²) in [7, 11) is -20.7. The van der Waals surface area contributed by atoms with Gasteiger partial charge in [-0.2, -0.15) is 48.6 Å². The molecule has 0 saturated carbocycles. The van der Waals surface area contributed by atoms with Crippen molar-refractivity contribution in [1.29, 1.82) is 0 Å². The van der Waals surface area contributed by atoms with Gasteiger partial charge in [0, 0.05) is 38.8 Å². The second-order valence-electron chi connectivity index (χ2n) is 14.5. The van der Waals surface area contributed by atoms with E-state index in [0.717, 1.165) is 30.3 Å². The third-order valence-corrected chi connectivity index (χ3v) is 13.8. The van der Waals surface area contributed by atoms with Gasteiger partial charge in [-0.05, 0) is 76.8 Å². The summed E-state index contributed by atoms with van der Waals surface area (Å²) in [6, 6.07) is 21.6. The predicted molar refractivity (Wildman–Crippen MR) is 252 cm³/mol. The number of aromatic hydroxyl groups is 2. The Hall–Kier alpha value is -7.72. The summed E-state index contributed by atoms with van der Waals surface area (Å²) in [6.45, 7) is 0. The molecule has 0 fully saturated rings. The van der Waals surface area contributed by atoms with Gasteiger partial charge >= 0.3 is 0 Å². The molecule has 8 aromatic rings. The molecule has 0 radical (unpaired) electrons. The lowest BCUT2D eigenvalue weighted by Crippen LogP contribution is -2.10. The number of benzene rings is 7. The molecule has 1 heterocycles. The molecule has 0 amide bonds. The van der Waals surface area contributed by atoms with Crippen LogP contribution in [0.5, 0.6) is 11.5 Å². The minimum absolute atomic E-state index is 0.0385. The van der Waals surface area contributed by atoms with Gasteiger partial charge < -0.3 is 41.2 Å². The van der Waals surface area contributed by atoms with E-state index in [9.17, 15) is 70.9 Å². The predicted octanol–water partition coefficient (Wildman–Crippen LogP) is 6.16. The molecular weight excluding hydrogens is 1020 g/mol. The molecule has 362 valence electrons. The third-order valence-electron chi connectivity index (χ3n) is 9.93. The fraction of sp³-hybridized carbons (Fsp3) is 0. The van der Waals surface area contributed by atoms with Crippen LogP contribution in [0, 0.1) is 0 Å². The maximum Gasteiger partial charge on any atom is 0.296 e. The minimum atomic E-state index is -5.29. The fourth-order valence-electron chi connectivity index (χ4n) is 7.02. The maximum atomic E-state index is 12.8. The summed E-state index contributed by atoms with van der Waals surface area (Å²) in [5.74, 6) is -3.78. The van der Waals surface area contributed by atoms with Gasteiger partial charge in [0.2, 0.25) is 17.8 Å². The molecule has 1 atom stereocenters. The molecule has 70 heavy (non-hydrogen) atoms. The van der Waals surface area contributed by atoms with Crippen molar-refractivity contribution in [1.82, 2.24) is 15.0 Å². The molecule has 0 aliphatic heterocycles. The zero-order valence-electron chi connectivity index (χ0n) is 34.4. The molecule has 31 heteroatoms. The molecule has 0 bridgehead atoms. The highest BCUT2D eigenvalue weighted by Crippen LogP contribution is 2.47. The van der Waals surface area contributed by atoms with Gasteiger partial charge in [-0.25, -0.2) is 0 Å². The van der Waals surface area contributed by atoms with E-state index in [1.807, 2.05) is 0 Å². The van der Waals surface area contributed by atoms with Gasteiger partial charge in [-0.3, -0.25) is 22.4 Å². The van der Waals surface area contributed by atoms with E-state index >= 15 is 0 Å². The highest BCUT2D eigenvalue weighted by Gasteiger charge is 2.28. The number of fused-ring (bicyclic) bond motifs is 3. The highest BCUT2D eigenvalue weighted by atomic mass is 32.2. The molecule has 1 unspecified atom stereocenters. The standard InChI is InChI=1S/C39H30N10O16S5/c40-33-29(69(60,61)62)13-19-11-23(67(54,55)56)16-27(31(19)35(33)50)42-38-44-37(41-21-7-4-8-22(15-21)49-66(52)53)45-39(46-38)43-28-17-24(68(57,58)59)12-20-14-30(70(63,64)65)34(36(51)32(20)28)48-47-26-10-3-6-18-5-1-2-9-25(18)26/h1-17,49-51H,40H2,(H,52,53)(H,54,55,56)(H,57,58,59)(H,60,61,62)(H,63,64,65)(H3,41,42,43,44,45,46)/p-1. The number of anilines is 8. The number of nitrogens with two attached hydrogens (primary N) is 1. The number of azo groups is 1. The first-order valence-electron chi connectivity index (χ1n) is 19.0. The fourth-order valence-corrected chi connectivity index (χ4v) is 9.73. The van der Waals surface area contributed by atoms with Gasteiger partial charge in [-0.15, -0.1) is 10.2 Å². The van der Waals surface area contributed by atoms with E-state index in [-0.39, 0.29) is 17.1 Å². The maximum absolute atomic E-state index is 12.8. The Morgan fingerprint density at radius 3 is 1.60 bits per heavy atom. The Morgan fingerprint density at radius 2 is 1.04 bits per heavy atom. The largest absolute Gasteiger partial charge is 0.755 e. The Morgan fingerprint density at radius 1 is 0.543 bits per heavy atom. The summed E-state index contributed by atoms with van der Waals surface area (Å²) in [5, 5.41) is 38.6. The first-order valence-corrected chi connectivity index (χ1v) is 25.8. The quantitative estimate of drug-likeness (QED) is 0.0191. The zero-order valence-corrected chi connectivity index (χ0v) is 38.5. The Balaban J connectivity index is 1.35. The van der Waals surface area contributed by atoms with Crippen LogP contribution in [0.15, 0.2) is 133 Å². The van der Waals surface area contributed by atoms with Crippen LogP contribution in [-0.4, -0.2) is 85.8 Å². The molecule has 0 saturated heterocycles. The summed E-state index contributed by atoms with van der Waals surface area (Å²) in [6.07, 6.45) is 0. The van der Waals surface area contributed by atoms with Gasteiger partial charge in [0.05, 0.1) is 32.5 Å². The number of hydrogen-bond donors (Lipinski definition) is 11. The van der Waals surface area contributed by atoms with Crippen molar-refractivity contribution in [2.75, 3.05) is 26.4 Å². The molecule has 0 aliphatic rings. The average Bonchev–Trinajstić information content (AvgIpc) is 3.25. The molecule has 1 aromatic heterocycles. The van der Waals surface area contributed by atoms with Crippen molar-refractivity contribution in [3.8, 4) is 11.5 Å². The van der Waals surface area contributed by atoms with Gasteiger partial charge in [0.1, 0.15) is 21.2 Å². The monoisotopic (exact) mass is 1050 g/mol. The number of phenolic OH excluding ortho intramolecular Hbond substituents is 2. The van der Waals surface area contributed by atoms with Crippen molar-refractivity contribution in [3.63, 3.8) is 0 Å². The molecule has 0 spiro atoms. The summed E-state index contributed by atoms with van der Waals surface area (Å²) < 4.78 is 165. The number of hydrogen-bond acceptors (Lipinski definition) is 21. The smallest absolute Gasteiger partial charge is 0.296 e. The van der Waals surface area contributed by atoms with E-state index in [1.54, 1.807) is 36.4 Å². The average molecular weight is 1050 g/mol. The van der Waals surface area contributed by atoms with Crippen molar-refractivity contribution in [2.45, 2.75) is 19.6 Å². The summed E-state index contributed by atoms with van der Waals surface area (Å²) in [5.41, 5.74) is 3.43. The Bertz CT molecular complexity index is 4050. The first kappa shape index (κ1) is 48.7. The number of nitrogen functional groups attached to an aromatic ring is 1. The van der Waals surface area contributed by atoms with Crippen molar-refractivity contribution < 1.29 is 70.9 Å². The Kier molecular flexibility index (Phi) is 12.5. The summed E-state index contributed by atoms with van der Waals surface area (Å²) in [4.78, 5) is 8.81. The first-order chi connectivity index (χ1) is 32.7. The van der Waals surface area contributed by atoms with E-state index in [0.29, 0.717) is 16.8 Å². The minimum Gasteiger partial charge on any atom is -0.755 e. The second-order valence-corrected chi connectivity index (χ2v) is 20.8. The number of nitrogens with zero attached hydrogens (tertiary/aromatic N) is 5. The normalized spacial score (nSPS) is 12.9. The van der Waals surface area contributed by atoms with E-state index in [4.69, 9.17) is 5.73 Å². The lowest BCUT2D eigenvalue weighted by Gasteiger charge is -2.17. The molecule has 0 aliphatic carbocycles. The molecule has 8 rings (SSSR count). The van der Waals surface area contributed by atoms with Crippen LogP contribution < -0.4 is 26.4 Å². The number of nitrogens with one attached hydrogen (secondary N) is 4. The lowest BCUT2D eigenvalue weighted by atomic mass is 10.1. The van der Waals surface area contributed by atoms with Gasteiger partial charge in [-0.1, -0.05) is 42.5 Å². The summed E-state index contributed by atoms with van der Waals surface area (Å²) >= 11 is -2.77. The molecule has 7 aromatic carbocycles. The SMILES string of the molecule is Nc1c(S(=O)(=O)O)cc2cc(S(=O)(=O)O)cc(Nc3nc(Nc4cccc(NS(=O)[O-])c4)nc(Nc4cc(S(=O)(=O)O)cc5cc(S(=O)(=O)O)c(N=Nc6cccc7ccccc67)c(O)c45)n3)c2c1O. The van der Waals surface area contributed by atoms with Crippen LogP contribution in [0.1, 0.15) is 0 Å². The zero-order chi connectivity index (χ0) is 50.7. The highest BCUT2D eigenvalue weighted by molar-refractivity contribution is 7.86. The number of aromatic nitrogens is 3. The molecular formula is C39H29N10O16S5-. The van der Waals surface area contributed by atoms with E-state index in [1.165, 1.54) is 30.3 Å². The van der Waals surface area contributed by atoms with Crippen LogP contribution >= 0.6 is 0 Å². The van der Waals surface area contributed by atoms with Crippen molar-refractivity contribution in [2.24, 2.45) is 10.2 Å². The molecule has 26 nitrogen and oxygen atoms in total. The van der Waals surface area contributed by atoms with Gasteiger partial charge in [0.15, 0.2) is 5.75 Å². The Labute approximate surface area is 396 Å². The number of phenols is 2. The lowest BCUT2D eigenvalue weighted by molar-refractivity contribution is 0.472. The van der Waals surface area contributed by atoms with Crippen molar-refractivity contribution in [3.05, 3.63) is 103 Å². The van der Waals surface area contributed by atoms with Crippen LogP contribution in [-0.2, 0) is 51.7 Å². The van der Waals surface area contributed by atoms with Crippen molar-refractivity contribution >= 4 is 142 Å². The van der Waals surface area contributed by atoms with E-state index < -0.39 is 145 Å². The third kappa shape index (κ3) is 10.2. The van der Waals surface area contributed by atoms with Crippen LogP contribution in [0.4, 0.5) is 57.7 Å². The van der Waals surface area contributed by atoms with Crippen LogP contribution in [0.2, 0.25) is 0 Å². The molecule has 12 N–H and O–H groups in total. The van der Waals surface area contributed by atoms with Gasteiger partial charge in [0.25, 0.3) is 40.5 Å². The van der Waals surface area contributed by atoms with E-state index in [2.05, 4.69) is 45.9 Å². The topological polar surface area (TPSA) is 436 Å². The number of rotatable bonds is 14. The van der Waals surface area contributed by atoms with Crippen LogP contribution in [0.25, 0.3) is 32.3 Å². The second kappa shape index (κ2) is 18.0.